The van der Waals surface area contributed by atoms with E-state index in [2.05, 4.69) is 0 Å². The molecule has 0 saturated heterocycles. The van der Waals surface area contributed by atoms with Crippen molar-refractivity contribution in [3.63, 3.8) is 0 Å². The van der Waals surface area contributed by atoms with E-state index in [4.69, 9.17) is 4.74 Å². The number of benzene rings is 2. The van der Waals surface area contributed by atoms with Gasteiger partial charge in [0.05, 0.1) is 24.3 Å². The molecule has 0 aliphatic heterocycles. The van der Waals surface area contributed by atoms with Gasteiger partial charge in [-0.1, -0.05) is 24.3 Å². The Bertz CT molecular complexity index is 959. The van der Waals surface area contributed by atoms with Gasteiger partial charge < -0.3 is 9.64 Å². The fourth-order valence-corrected chi connectivity index (χ4v) is 4.28. The van der Waals surface area contributed by atoms with Gasteiger partial charge in [-0.3, -0.25) is 14.9 Å². The maximum atomic E-state index is 13.0. The minimum atomic E-state index is -0.435. The van der Waals surface area contributed by atoms with Crippen molar-refractivity contribution in [3.8, 4) is 5.75 Å². The Morgan fingerprint density at radius 1 is 1.10 bits per heavy atom. The molecule has 2 aromatic carbocycles. The van der Waals surface area contributed by atoms with E-state index >= 15 is 0 Å². The normalized spacial score (nSPS) is 10.5. The van der Waals surface area contributed by atoms with Gasteiger partial charge in [0.15, 0.2) is 0 Å². The average molecular weight is 429 g/mol. The second-order valence-corrected chi connectivity index (χ2v) is 8.26. The molecule has 0 fully saturated rings. The molecule has 0 saturated carbocycles. The summed E-state index contributed by atoms with van der Waals surface area (Å²) in [6.45, 7) is 0.969. The highest BCUT2D eigenvalue weighted by atomic mass is 32.2. The first-order valence-corrected chi connectivity index (χ1v) is 10.7. The molecular formula is C21H20N2O4S2. The SMILES string of the molecule is COc1ccccc1CN(Cc1cccs1)C(=O)CSc1ccc([N+](=O)[O-])cc1. The third-order valence-electron chi connectivity index (χ3n) is 4.24. The quantitative estimate of drug-likeness (QED) is 0.273. The van der Waals surface area contributed by atoms with Crippen molar-refractivity contribution in [1.82, 2.24) is 4.90 Å². The number of nitrogens with zero attached hydrogens (tertiary/aromatic N) is 2. The van der Waals surface area contributed by atoms with Gasteiger partial charge in [0.25, 0.3) is 5.69 Å². The van der Waals surface area contributed by atoms with Gasteiger partial charge in [0.1, 0.15) is 5.75 Å². The molecule has 0 atom stereocenters. The van der Waals surface area contributed by atoms with Crippen LogP contribution in [0.2, 0.25) is 0 Å². The molecule has 8 heteroatoms. The van der Waals surface area contributed by atoms with Crippen molar-refractivity contribution in [2.24, 2.45) is 0 Å². The molecular weight excluding hydrogens is 408 g/mol. The lowest BCUT2D eigenvalue weighted by Crippen LogP contribution is -2.31. The van der Waals surface area contributed by atoms with Crippen LogP contribution < -0.4 is 4.74 Å². The number of methoxy groups -OCH3 is 1. The van der Waals surface area contributed by atoms with Gasteiger partial charge in [-0.25, -0.2) is 0 Å². The summed E-state index contributed by atoms with van der Waals surface area (Å²) in [4.78, 5) is 27.1. The van der Waals surface area contributed by atoms with Crippen LogP contribution >= 0.6 is 23.1 Å². The number of nitro groups is 1. The first kappa shape index (κ1) is 20.9. The first-order chi connectivity index (χ1) is 14.1. The van der Waals surface area contributed by atoms with Gasteiger partial charge in [-0.05, 0) is 29.6 Å². The van der Waals surface area contributed by atoms with Gasteiger partial charge >= 0.3 is 0 Å². The van der Waals surface area contributed by atoms with Crippen molar-refractivity contribution in [3.05, 3.63) is 86.6 Å². The summed E-state index contributed by atoms with van der Waals surface area (Å²) in [6.07, 6.45) is 0. The predicted molar refractivity (Wildman–Crippen MR) is 115 cm³/mol. The van der Waals surface area contributed by atoms with E-state index < -0.39 is 4.92 Å². The van der Waals surface area contributed by atoms with Crippen molar-refractivity contribution < 1.29 is 14.5 Å². The number of ether oxygens (including phenoxy) is 1. The molecule has 1 aromatic heterocycles. The molecule has 0 unspecified atom stereocenters. The van der Waals surface area contributed by atoms with E-state index in [1.807, 2.05) is 46.7 Å². The second-order valence-electron chi connectivity index (χ2n) is 6.18. The lowest BCUT2D eigenvalue weighted by Gasteiger charge is -2.23. The fraction of sp³-hybridized carbons (Fsp3) is 0.190. The standard InChI is InChI=1S/C21H20N2O4S2/c1-27-20-7-3-2-5-16(20)13-22(14-19-6-4-12-28-19)21(24)15-29-18-10-8-17(9-11-18)23(25)26/h2-12H,13-15H2,1H3. The topological polar surface area (TPSA) is 72.7 Å². The largest absolute Gasteiger partial charge is 0.496 e. The molecule has 1 amide bonds. The highest BCUT2D eigenvalue weighted by Crippen LogP contribution is 2.25. The molecule has 0 radical (unpaired) electrons. The van der Waals surface area contributed by atoms with E-state index in [0.29, 0.717) is 13.1 Å². The smallest absolute Gasteiger partial charge is 0.269 e. The lowest BCUT2D eigenvalue weighted by molar-refractivity contribution is -0.384. The Morgan fingerprint density at radius 2 is 1.86 bits per heavy atom. The predicted octanol–water partition coefficient (Wildman–Crippen LogP) is 4.99. The summed E-state index contributed by atoms with van der Waals surface area (Å²) in [7, 11) is 1.62. The van der Waals surface area contributed by atoms with Crippen molar-refractivity contribution in [2.75, 3.05) is 12.9 Å². The van der Waals surface area contributed by atoms with Crippen LogP contribution in [-0.4, -0.2) is 28.6 Å². The third-order valence-corrected chi connectivity index (χ3v) is 6.10. The van der Waals surface area contributed by atoms with Crippen molar-refractivity contribution >= 4 is 34.7 Å². The van der Waals surface area contributed by atoms with Crippen molar-refractivity contribution in [1.29, 1.82) is 0 Å². The van der Waals surface area contributed by atoms with Crippen LogP contribution in [0.4, 0.5) is 5.69 Å². The lowest BCUT2D eigenvalue weighted by atomic mass is 10.2. The molecule has 0 N–H and O–H groups in total. The monoisotopic (exact) mass is 428 g/mol. The maximum absolute atomic E-state index is 13.0. The second kappa shape index (κ2) is 10.1. The summed E-state index contributed by atoms with van der Waals surface area (Å²) in [5.74, 6) is 0.991. The molecule has 0 bridgehead atoms. The number of nitro benzene ring substituents is 1. The zero-order valence-electron chi connectivity index (χ0n) is 15.8. The molecule has 0 aliphatic rings. The number of thioether (sulfide) groups is 1. The summed E-state index contributed by atoms with van der Waals surface area (Å²) in [5.41, 5.74) is 0.983. The summed E-state index contributed by atoms with van der Waals surface area (Å²) < 4.78 is 5.43. The average Bonchev–Trinajstić information content (AvgIpc) is 3.25. The van der Waals surface area contributed by atoms with Gasteiger partial charge in [0.2, 0.25) is 5.91 Å². The number of amides is 1. The summed E-state index contributed by atoms with van der Waals surface area (Å²) >= 11 is 2.98. The van der Waals surface area contributed by atoms with E-state index in [1.54, 1.807) is 30.6 Å². The molecule has 6 nitrogen and oxygen atoms in total. The fourth-order valence-electron chi connectivity index (χ4n) is 2.76. The molecule has 1 heterocycles. The maximum Gasteiger partial charge on any atom is 0.269 e. The van der Waals surface area contributed by atoms with Crippen LogP contribution in [0.15, 0.2) is 70.9 Å². The van der Waals surface area contributed by atoms with Crippen LogP contribution in [0.3, 0.4) is 0 Å². The highest BCUT2D eigenvalue weighted by molar-refractivity contribution is 8.00. The Morgan fingerprint density at radius 3 is 2.52 bits per heavy atom. The van der Waals surface area contributed by atoms with Crippen LogP contribution in [0, 0.1) is 10.1 Å². The van der Waals surface area contributed by atoms with Gasteiger partial charge in [0, 0.05) is 34.0 Å². The number of para-hydroxylation sites is 1. The number of hydrogen-bond acceptors (Lipinski definition) is 6. The Hall–Kier alpha value is -2.84. The number of non-ortho nitro benzene ring substituents is 1. The number of rotatable bonds is 9. The molecule has 3 aromatic rings. The number of carbonyl (C=O) groups is 1. The van der Waals surface area contributed by atoms with E-state index in [-0.39, 0.29) is 17.3 Å². The molecule has 0 spiro atoms. The number of carbonyl (C=O) groups excluding carboxylic acids is 1. The Balaban J connectivity index is 1.70. The van der Waals surface area contributed by atoms with E-state index in [9.17, 15) is 14.9 Å². The highest BCUT2D eigenvalue weighted by Gasteiger charge is 2.17. The third kappa shape index (κ3) is 5.82. The van der Waals surface area contributed by atoms with E-state index in [0.717, 1.165) is 21.1 Å². The van der Waals surface area contributed by atoms with Crippen LogP contribution in [-0.2, 0) is 17.9 Å². The molecule has 3 rings (SSSR count). The number of thiophene rings is 1. The van der Waals surface area contributed by atoms with Crippen LogP contribution in [0.1, 0.15) is 10.4 Å². The van der Waals surface area contributed by atoms with Crippen LogP contribution in [0.25, 0.3) is 0 Å². The molecule has 150 valence electrons. The zero-order valence-corrected chi connectivity index (χ0v) is 17.4. The minimum absolute atomic E-state index is 0.00680. The van der Waals surface area contributed by atoms with Gasteiger partial charge in [-0.2, -0.15) is 0 Å². The minimum Gasteiger partial charge on any atom is -0.496 e. The first-order valence-electron chi connectivity index (χ1n) is 8.86. The van der Waals surface area contributed by atoms with Gasteiger partial charge in [-0.15, -0.1) is 23.1 Å². The Labute approximate surface area is 177 Å². The Kier molecular flexibility index (Phi) is 7.26. The number of hydrogen-bond donors (Lipinski definition) is 0. The molecule has 29 heavy (non-hydrogen) atoms. The van der Waals surface area contributed by atoms with E-state index in [1.165, 1.54) is 23.9 Å². The van der Waals surface area contributed by atoms with Crippen molar-refractivity contribution in [2.45, 2.75) is 18.0 Å². The summed E-state index contributed by atoms with van der Waals surface area (Å²) in [6, 6.07) is 17.9. The molecule has 0 aliphatic carbocycles. The zero-order chi connectivity index (χ0) is 20.6. The summed E-state index contributed by atoms with van der Waals surface area (Å²) in [5, 5.41) is 12.8. The van der Waals surface area contributed by atoms with Crippen LogP contribution in [0.5, 0.6) is 5.75 Å².